The first kappa shape index (κ1) is 10.6. The van der Waals surface area contributed by atoms with Gasteiger partial charge in [0.05, 0.1) is 6.61 Å². The molecule has 0 aliphatic carbocycles. The van der Waals surface area contributed by atoms with Crippen LogP contribution in [0, 0.1) is 0 Å². The molecule has 5 nitrogen and oxygen atoms in total. The molecule has 0 bridgehead atoms. The fourth-order valence-corrected chi connectivity index (χ4v) is 1.47. The molecule has 84 valence electrons. The Balaban J connectivity index is 1.96. The van der Waals surface area contributed by atoms with Gasteiger partial charge in [-0.3, -0.25) is 15.0 Å². The molecule has 1 saturated heterocycles. The van der Waals surface area contributed by atoms with Crippen molar-refractivity contribution in [3.05, 3.63) is 35.9 Å². The molecule has 0 saturated carbocycles. The monoisotopic (exact) mass is 220 g/mol. The molecule has 1 aromatic carbocycles. The van der Waals surface area contributed by atoms with Crippen LogP contribution in [0.2, 0.25) is 0 Å². The lowest BCUT2D eigenvalue weighted by atomic mass is 10.2. The minimum atomic E-state index is -0.826. The number of amides is 3. The first-order valence-corrected chi connectivity index (χ1v) is 4.91. The predicted octanol–water partition coefficient (Wildman–Crippen LogP) is 0.711. The smallest absolute Gasteiger partial charge is 0.326 e. The van der Waals surface area contributed by atoms with Crippen molar-refractivity contribution in [2.75, 3.05) is 7.05 Å². The van der Waals surface area contributed by atoms with Gasteiger partial charge in [0.15, 0.2) is 0 Å². The van der Waals surface area contributed by atoms with Gasteiger partial charge in [-0.25, -0.2) is 4.79 Å². The predicted molar refractivity (Wildman–Crippen MR) is 56.3 cm³/mol. The largest absolute Gasteiger partial charge is 0.344 e. The zero-order valence-electron chi connectivity index (χ0n) is 8.84. The SMILES string of the molecule is CN1C(=O)NC(=O)C1OCc1ccccc1. The summed E-state index contributed by atoms with van der Waals surface area (Å²) in [6.45, 7) is 0.302. The quantitative estimate of drug-likeness (QED) is 0.763. The number of carbonyl (C=O) groups excluding carboxylic acids is 2. The molecule has 5 heteroatoms. The lowest BCUT2D eigenvalue weighted by molar-refractivity contribution is -0.136. The van der Waals surface area contributed by atoms with Gasteiger partial charge < -0.3 is 4.74 Å². The number of hydrogen-bond donors (Lipinski definition) is 1. The van der Waals surface area contributed by atoms with E-state index in [1.165, 1.54) is 11.9 Å². The van der Waals surface area contributed by atoms with Crippen LogP contribution in [0.3, 0.4) is 0 Å². The summed E-state index contributed by atoms with van der Waals surface area (Å²) in [4.78, 5) is 23.7. The standard InChI is InChI=1S/C11H12N2O3/c1-13-10(9(14)12-11(13)15)16-7-8-5-3-2-4-6-8/h2-6,10H,7H2,1H3,(H,12,14,15). The zero-order valence-corrected chi connectivity index (χ0v) is 8.84. The summed E-state index contributed by atoms with van der Waals surface area (Å²) in [6, 6.07) is 9.05. The average Bonchev–Trinajstić information content (AvgIpc) is 2.53. The first-order valence-electron chi connectivity index (χ1n) is 4.91. The molecule has 0 radical (unpaired) electrons. The second-order valence-electron chi connectivity index (χ2n) is 3.55. The number of nitrogens with zero attached hydrogens (tertiary/aromatic N) is 1. The van der Waals surface area contributed by atoms with Crippen LogP contribution >= 0.6 is 0 Å². The minimum absolute atomic E-state index is 0.302. The molecule has 1 fully saturated rings. The van der Waals surface area contributed by atoms with E-state index in [1.54, 1.807) is 0 Å². The Labute approximate surface area is 93.0 Å². The van der Waals surface area contributed by atoms with E-state index in [-0.39, 0.29) is 0 Å². The van der Waals surface area contributed by atoms with Crippen molar-refractivity contribution in [1.29, 1.82) is 0 Å². The van der Waals surface area contributed by atoms with Crippen molar-refractivity contribution in [1.82, 2.24) is 10.2 Å². The highest BCUT2D eigenvalue weighted by Crippen LogP contribution is 2.10. The first-order chi connectivity index (χ1) is 7.68. The van der Waals surface area contributed by atoms with Crippen molar-refractivity contribution < 1.29 is 14.3 Å². The van der Waals surface area contributed by atoms with Crippen molar-refractivity contribution in [3.8, 4) is 0 Å². The Bertz CT molecular complexity index is 405. The summed E-state index contributed by atoms with van der Waals surface area (Å²) in [5, 5.41) is 2.18. The number of rotatable bonds is 3. The molecule has 1 unspecified atom stereocenters. The van der Waals surface area contributed by atoms with Crippen molar-refractivity contribution in [2.45, 2.75) is 12.8 Å². The van der Waals surface area contributed by atoms with Crippen LogP contribution in [0.15, 0.2) is 30.3 Å². The Morgan fingerprint density at radius 3 is 2.56 bits per heavy atom. The molecule has 16 heavy (non-hydrogen) atoms. The van der Waals surface area contributed by atoms with Gasteiger partial charge >= 0.3 is 6.03 Å². The number of urea groups is 1. The zero-order chi connectivity index (χ0) is 11.5. The Morgan fingerprint density at radius 1 is 1.31 bits per heavy atom. The summed E-state index contributed by atoms with van der Waals surface area (Å²) in [7, 11) is 1.52. The molecule has 1 aromatic rings. The van der Waals surface area contributed by atoms with E-state index in [0.29, 0.717) is 6.61 Å². The molecule has 1 aliphatic heterocycles. The number of carbonyl (C=O) groups is 2. The fourth-order valence-electron chi connectivity index (χ4n) is 1.47. The Hall–Kier alpha value is -1.88. The van der Waals surface area contributed by atoms with Crippen LogP contribution in [0.4, 0.5) is 4.79 Å². The highest BCUT2D eigenvalue weighted by Gasteiger charge is 2.36. The molecule has 3 amide bonds. The minimum Gasteiger partial charge on any atom is -0.344 e. The summed E-state index contributed by atoms with van der Waals surface area (Å²) in [5.74, 6) is -0.413. The third-order valence-corrected chi connectivity index (χ3v) is 2.38. The van der Waals surface area contributed by atoms with Crippen molar-refractivity contribution >= 4 is 11.9 Å². The van der Waals surface area contributed by atoms with E-state index in [2.05, 4.69) is 5.32 Å². The highest BCUT2D eigenvalue weighted by atomic mass is 16.5. The summed E-state index contributed by atoms with van der Waals surface area (Å²) in [6.07, 6.45) is -0.826. The number of imide groups is 1. The van der Waals surface area contributed by atoms with Crippen LogP contribution in [0.5, 0.6) is 0 Å². The maximum Gasteiger partial charge on any atom is 0.326 e. The van der Waals surface area contributed by atoms with E-state index in [1.807, 2.05) is 30.3 Å². The molecular weight excluding hydrogens is 208 g/mol. The van der Waals surface area contributed by atoms with Gasteiger partial charge in [0.25, 0.3) is 5.91 Å². The van der Waals surface area contributed by atoms with E-state index in [4.69, 9.17) is 4.74 Å². The Kier molecular flexibility index (Phi) is 2.87. The maximum atomic E-state index is 11.3. The van der Waals surface area contributed by atoms with Crippen LogP contribution in [0.1, 0.15) is 5.56 Å². The van der Waals surface area contributed by atoms with E-state index in [0.717, 1.165) is 5.56 Å². The van der Waals surface area contributed by atoms with Crippen LogP contribution in [-0.4, -0.2) is 30.1 Å². The molecular formula is C11H12N2O3. The molecule has 0 spiro atoms. The third-order valence-electron chi connectivity index (χ3n) is 2.38. The van der Waals surface area contributed by atoms with E-state index in [9.17, 15) is 9.59 Å². The second kappa shape index (κ2) is 4.32. The van der Waals surface area contributed by atoms with Gasteiger partial charge in [0, 0.05) is 7.05 Å². The third kappa shape index (κ3) is 2.04. The number of hydrogen-bond acceptors (Lipinski definition) is 3. The molecule has 0 aromatic heterocycles. The number of ether oxygens (including phenoxy) is 1. The lowest BCUT2D eigenvalue weighted by Crippen LogP contribution is -2.33. The van der Waals surface area contributed by atoms with Crippen LogP contribution in [0.25, 0.3) is 0 Å². The number of benzene rings is 1. The van der Waals surface area contributed by atoms with Gasteiger partial charge in [-0.2, -0.15) is 0 Å². The molecule has 1 atom stereocenters. The summed E-state index contributed by atoms with van der Waals surface area (Å²) < 4.78 is 5.38. The fraction of sp³-hybridized carbons (Fsp3) is 0.273. The second-order valence-corrected chi connectivity index (χ2v) is 3.55. The van der Waals surface area contributed by atoms with E-state index < -0.39 is 18.2 Å². The van der Waals surface area contributed by atoms with Gasteiger partial charge in [-0.1, -0.05) is 30.3 Å². The number of nitrogens with one attached hydrogen (secondary N) is 1. The van der Waals surface area contributed by atoms with Crippen molar-refractivity contribution in [3.63, 3.8) is 0 Å². The van der Waals surface area contributed by atoms with Crippen LogP contribution < -0.4 is 5.32 Å². The van der Waals surface area contributed by atoms with Gasteiger partial charge in [-0.15, -0.1) is 0 Å². The maximum absolute atomic E-state index is 11.3. The topological polar surface area (TPSA) is 58.6 Å². The molecule has 2 rings (SSSR count). The summed E-state index contributed by atoms with van der Waals surface area (Å²) >= 11 is 0. The lowest BCUT2D eigenvalue weighted by Gasteiger charge is -2.16. The Morgan fingerprint density at radius 2 is 2.00 bits per heavy atom. The summed E-state index contributed by atoms with van der Waals surface area (Å²) in [5.41, 5.74) is 0.961. The molecule has 1 aliphatic rings. The van der Waals surface area contributed by atoms with E-state index >= 15 is 0 Å². The van der Waals surface area contributed by atoms with Crippen LogP contribution in [-0.2, 0) is 16.1 Å². The molecule has 1 N–H and O–H groups in total. The van der Waals surface area contributed by atoms with Gasteiger partial charge in [0.1, 0.15) is 0 Å². The average molecular weight is 220 g/mol. The normalized spacial score (nSPS) is 20.1. The molecule has 1 heterocycles. The van der Waals surface area contributed by atoms with Gasteiger partial charge in [-0.05, 0) is 5.56 Å². The highest BCUT2D eigenvalue weighted by molar-refractivity contribution is 6.03. The number of likely N-dealkylation sites (N-methyl/N-ethyl adjacent to an activating group) is 1. The van der Waals surface area contributed by atoms with Gasteiger partial charge in [0.2, 0.25) is 6.23 Å². The van der Waals surface area contributed by atoms with Crippen molar-refractivity contribution in [2.24, 2.45) is 0 Å².